The Hall–Kier alpha value is -0.780. The molecule has 4 atom stereocenters. The molecule has 0 aromatic heterocycles. The Morgan fingerprint density at radius 3 is 2.23 bits per heavy atom. The summed E-state index contributed by atoms with van der Waals surface area (Å²) in [4.78, 5) is 0. The highest BCUT2D eigenvalue weighted by Gasteiger charge is 2.48. The van der Waals surface area contributed by atoms with Crippen molar-refractivity contribution in [3.05, 3.63) is 35.4 Å². The fourth-order valence-corrected chi connectivity index (χ4v) is 6.24. The van der Waals surface area contributed by atoms with Gasteiger partial charge in [0.2, 0.25) is 0 Å². The minimum Gasteiger partial charge on any atom is -0.0651 e. The van der Waals surface area contributed by atoms with Gasteiger partial charge in [0.15, 0.2) is 0 Å². The van der Waals surface area contributed by atoms with E-state index in [-0.39, 0.29) is 0 Å². The smallest absolute Gasteiger partial charge is 0.00592 e. The highest BCUT2D eigenvalue weighted by Crippen LogP contribution is 2.61. The van der Waals surface area contributed by atoms with Crippen LogP contribution in [0.25, 0.3) is 0 Å². The Morgan fingerprint density at radius 2 is 1.50 bits per heavy atom. The lowest BCUT2D eigenvalue weighted by molar-refractivity contribution is 0.0860. The molecule has 120 valence electrons. The van der Waals surface area contributed by atoms with Crippen LogP contribution in [0.1, 0.15) is 94.1 Å². The number of benzene rings is 1. The molecular formula is C22H32. The van der Waals surface area contributed by atoms with E-state index < -0.39 is 0 Å². The molecule has 0 heterocycles. The predicted octanol–water partition coefficient (Wildman–Crippen LogP) is 6.66. The molecular weight excluding hydrogens is 264 g/mol. The minimum absolute atomic E-state index is 0.908. The van der Waals surface area contributed by atoms with Crippen LogP contribution in [0.15, 0.2) is 24.3 Å². The van der Waals surface area contributed by atoms with Gasteiger partial charge in [-0.15, -0.1) is 0 Å². The summed E-state index contributed by atoms with van der Waals surface area (Å²) in [6, 6.07) is 9.34. The first kappa shape index (κ1) is 14.8. The van der Waals surface area contributed by atoms with E-state index in [1.165, 1.54) is 64.2 Å². The monoisotopic (exact) mass is 296 g/mol. The van der Waals surface area contributed by atoms with Crippen molar-refractivity contribution in [3.8, 4) is 0 Å². The molecule has 0 aliphatic heterocycles. The van der Waals surface area contributed by atoms with E-state index >= 15 is 0 Å². The molecule has 2 fully saturated rings. The van der Waals surface area contributed by atoms with Gasteiger partial charge in [-0.25, -0.2) is 0 Å². The lowest BCUT2D eigenvalue weighted by Crippen LogP contribution is -2.41. The Kier molecular flexibility index (Phi) is 4.29. The number of hydrogen-bond acceptors (Lipinski definition) is 0. The van der Waals surface area contributed by atoms with Gasteiger partial charge in [0.25, 0.3) is 0 Å². The average molecular weight is 296 g/mol. The SMILES string of the molecule is CCC1C(C2CCCCCCC2)CCC2c3ccccc3C21. The van der Waals surface area contributed by atoms with Crippen LogP contribution in [0.4, 0.5) is 0 Å². The van der Waals surface area contributed by atoms with Crippen LogP contribution >= 0.6 is 0 Å². The average Bonchev–Trinajstić information content (AvgIpc) is 2.51. The van der Waals surface area contributed by atoms with Gasteiger partial charge in [0, 0.05) is 0 Å². The van der Waals surface area contributed by atoms with E-state index in [0.29, 0.717) is 0 Å². The Morgan fingerprint density at radius 1 is 0.818 bits per heavy atom. The second-order valence-corrected chi connectivity index (χ2v) is 8.18. The maximum absolute atomic E-state index is 2.46. The van der Waals surface area contributed by atoms with E-state index in [9.17, 15) is 0 Å². The van der Waals surface area contributed by atoms with E-state index in [1.54, 1.807) is 11.1 Å². The maximum Gasteiger partial charge on any atom is -0.00592 e. The molecule has 3 aliphatic rings. The normalized spacial score (nSPS) is 35.7. The van der Waals surface area contributed by atoms with Crippen LogP contribution in [0.3, 0.4) is 0 Å². The first-order chi connectivity index (χ1) is 10.9. The topological polar surface area (TPSA) is 0 Å². The largest absolute Gasteiger partial charge is 0.0651 e. The van der Waals surface area contributed by atoms with Crippen molar-refractivity contribution in [3.63, 3.8) is 0 Å². The van der Waals surface area contributed by atoms with Crippen LogP contribution < -0.4 is 0 Å². The molecule has 0 nitrogen and oxygen atoms in total. The number of fused-ring (bicyclic) bond motifs is 4. The molecule has 1 aromatic carbocycles. The Labute approximate surface area is 136 Å². The molecule has 1 aromatic rings. The predicted molar refractivity (Wildman–Crippen MR) is 94.2 cm³/mol. The molecule has 0 bridgehead atoms. The van der Waals surface area contributed by atoms with Crippen LogP contribution in [-0.2, 0) is 0 Å². The zero-order valence-corrected chi connectivity index (χ0v) is 14.3. The van der Waals surface area contributed by atoms with Crippen molar-refractivity contribution in [2.75, 3.05) is 0 Å². The van der Waals surface area contributed by atoms with Crippen LogP contribution in [0.5, 0.6) is 0 Å². The van der Waals surface area contributed by atoms with Gasteiger partial charge >= 0.3 is 0 Å². The van der Waals surface area contributed by atoms with Crippen LogP contribution in [0.2, 0.25) is 0 Å². The molecule has 4 unspecified atom stereocenters. The van der Waals surface area contributed by atoms with Gasteiger partial charge in [-0.1, -0.05) is 82.6 Å². The zero-order valence-electron chi connectivity index (χ0n) is 14.3. The van der Waals surface area contributed by atoms with E-state index in [1.807, 2.05) is 0 Å². The van der Waals surface area contributed by atoms with E-state index in [4.69, 9.17) is 0 Å². The summed E-state index contributed by atoms with van der Waals surface area (Å²) in [5.74, 6) is 4.85. The molecule has 0 spiro atoms. The minimum atomic E-state index is 0.908. The summed E-state index contributed by atoms with van der Waals surface area (Å²) < 4.78 is 0. The van der Waals surface area contributed by atoms with Gasteiger partial charge in [0.1, 0.15) is 0 Å². The van der Waals surface area contributed by atoms with Gasteiger partial charge in [0.05, 0.1) is 0 Å². The summed E-state index contributed by atoms with van der Waals surface area (Å²) in [5.41, 5.74) is 3.41. The van der Waals surface area contributed by atoms with Gasteiger partial charge in [-0.05, 0) is 53.6 Å². The lowest BCUT2D eigenvalue weighted by atomic mass is 9.51. The fourth-order valence-electron chi connectivity index (χ4n) is 6.24. The maximum atomic E-state index is 2.46. The number of rotatable bonds is 2. The third-order valence-electron chi connectivity index (χ3n) is 7.24. The molecule has 0 saturated heterocycles. The van der Waals surface area contributed by atoms with Crippen molar-refractivity contribution in [2.24, 2.45) is 17.8 Å². The molecule has 3 aliphatic carbocycles. The van der Waals surface area contributed by atoms with E-state index in [0.717, 1.165) is 29.6 Å². The molecule has 0 N–H and O–H groups in total. The summed E-state index contributed by atoms with van der Waals surface area (Å²) in [6.45, 7) is 2.46. The van der Waals surface area contributed by atoms with Crippen LogP contribution in [-0.4, -0.2) is 0 Å². The second kappa shape index (κ2) is 6.38. The molecule has 0 heteroatoms. The molecule has 0 radical (unpaired) electrons. The fraction of sp³-hybridized carbons (Fsp3) is 0.727. The van der Waals surface area contributed by atoms with Gasteiger partial charge in [-0.2, -0.15) is 0 Å². The highest BCUT2D eigenvalue weighted by atomic mass is 14.5. The zero-order chi connectivity index (χ0) is 14.9. The summed E-state index contributed by atoms with van der Waals surface area (Å²) >= 11 is 0. The van der Waals surface area contributed by atoms with Gasteiger partial charge in [-0.3, -0.25) is 0 Å². The number of hydrogen-bond donors (Lipinski definition) is 0. The first-order valence-electron chi connectivity index (χ1n) is 9.99. The molecule has 4 rings (SSSR count). The van der Waals surface area contributed by atoms with Crippen molar-refractivity contribution in [2.45, 2.75) is 83.0 Å². The summed E-state index contributed by atoms with van der Waals surface area (Å²) in [6.07, 6.45) is 14.9. The third kappa shape index (κ3) is 2.43. The van der Waals surface area contributed by atoms with Crippen molar-refractivity contribution in [1.29, 1.82) is 0 Å². The summed E-state index contributed by atoms with van der Waals surface area (Å²) in [5, 5.41) is 0. The second-order valence-electron chi connectivity index (χ2n) is 8.18. The third-order valence-corrected chi connectivity index (χ3v) is 7.24. The van der Waals surface area contributed by atoms with Crippen molar-refractivity contribution in [1.82, 2.24) is 0 Å². The standard InChI is InChI=1S/C22H32/c1-2-17-18(16-10-6-4-3-5-7-11-16)14-15-21-19-12-8-9-13-20(19)22(17)21/h8-9,12-13,16-18,21-22H,2-7,10-11,14-15H2,1H3. The lowest BCUT2D eigenvalue weighted by Gasteiger charge is -2.53. The molecule has 0 amide bonds. The first-order valence-corrected chi connectivity index (χ1v) is 9.99. The molecule has 22 heavy (non-hydrogen) atoms. The van der Waals surface area contributed by atoms with Crippen molar-refractivity contribution < 1.29 is 0 Å². The van der Waals surface area contributed by atoms with E-state index in [2.05, 4.69) is 31.2 Å². The highest BCUT2D eigenvalue weighted by molar-refractivity contribution is 5.46. The van der Waals surface area contributed by atoms with Crippen molar-refractivity contribution >= 4 is 0 Å². The molecule has 2 saturated carbocycles. The quantitative estimate of drug-likeness (QED) is 0.572. The Balaban J connectivity index is 1.55. The van der Waals surface area contributed by atoms with Gasteiger partial charge < -0.3 is 0 Å². The van der Waals surface area contributed by atoms with Crippen LogP contribution in [0, 0.1) is 17.8 Å². The Bertz CT molecular complexity index is 495. The summed E-state index contributed by atoms with van der Waals surface area (Å²) in [7, 11) is 0.